The maximum absolute atomic E-state index is 12.8. The number of hydrogen-bond donors (Lipinski definition) is 1. The monoisotopic (exact) mass is 297 g/mol. The van der Waals surface area contributed by atoms with E-state index in [0.717, 1.165) is 32.6 Å². The molecule has 0 aromatic rings. The van der Waals surface area contributed by atoms with Crippen LogP contribution in [0.2, 0.25) is 0 Å². The molecule has 0 aromatic carbocycles. The zero-order valence-corrected chi connectivity index (χ0v) is 13.5. The highest BCUT2D eigenvalue weighted by Crippen LogP contribution is 2.41. The molecule has 20 heavy (non-hydrogen) atoms. The second kappa shape index (κ2) is 6.39. The first-order valence-corrected chi connectivity index (χ1v) is 8.10. The summed E-state index contributed by atoms with van der Waals surface area (Å²) < 4.78 is 0. The van der Waals surface area contributed by atoms with E-state index < -0.39 is 0 Å². The Bertz CT molecular complexity index is 375. The molecule has 1 heterocycles. The van der Waals surface area contributed by atoms with Crippen LogP contribution in [0.25, 0.3) is 0 Å². The van der Waals surface area contributed by atoms with Crippen molar-refractivity contribution in [3.63, 3.8) is 0 Å². The Morgan fingerprint density at radius 3 is 2.45 bits per heavy atom. The number of amides is 1. The fourth-order valence-electron chi connectivity index (χ4n) is 3.52. The van der Waals surface area contributed by atoms with Crippen LogP contribution in [0.15, 0.2) is 0 Å². The summed E-state index contributed by atoms with van der Waals surface area (Å²) in [6, 6.07) is 0. The van der Waals surface area contributed by atoms with Gasteiger partial charge in [-0.15, -0.1) is 0 Å². The van der Waals surface area contributed by atoms with Crippen LogP contribution < -0.4 is 5.73 Å². The van der Waals surface area contributed by atoms with Crippen LogP contribution in [-0.4, -0.2) is 53.4 Å². The summed E-state index contributed by atoms with van der Waals surface area (Å²) in [5.74, 6) is 0.572. The molecule has 0 spiro atoms. The smallest absolute Gasteiger partial charge is 0.226 e. The zero-order valence-electron chi connectivity index (χ0n) is 12.7. The van der Waals surface area contributed by atoms with Crippen molar-refractivity contribution in [1.82, 2.24) is 9.80 Å². The van der Waals surface area contributed by atoms with Crippen molar-refractivity contribution in [1.29, 1.82) is 0 Å². The van der Waals surface area contributed by atoms with Crippen LogP contribution in [-0.2, 0) is 4.79 Å². The molecule has 5 heteroatoms. The lowest BCUT2D eigenvalue weighted by molar-refractivity contribution is -0.142. The highest BCUT2D eigenvalue weighted by Gasteiger charge is 2.39. The van der Waals surface area contributed by atoms with Crippen molar-refractivity contribution >= 4 is 23.1 Å². The largest absolute Gasteiger partial charge is 0.392 e. The van der Waals surface area contributed by atoms with Crippen molar-refractivity contribution in [2.75, 3.05) is 32.7 Å². The van der Waals surface area contributed by atoms with Gasteiger partial charge in [0.05, 0.1) is 4.99 Å². The molecule has 114 valence electrons. The van der Waals surface area contributed by atoms with E-state index in [4.69, 9.17) is 18.0 Å². The van der Waals surface area contributed by atoms with Crippen molar-refractivity contribution in [3.8, 4) is 0 Å². The van der Waals surface area contributed by atoms with Crippen LogP contribution in [0.1, 0.15) is 39.5 Å². The molecule has 0 bridgehead atoms. The molecule has 2 rings (SSSR count). The summed E-state index contributed by atoms with van der Waals surface area (Å²) in [4.78, 5) is 17.6. The van der Waals surface area contributed by atoms with E-state index in [-0.39, 0.29) is 11.3 Å². The van der Waals surface area contributed by atoms with E-state index in [1.165, 1.54) is 19.3 Å². The summed E-state index contributed by atoms with van der Waals surface area (Å²) >= 11 is 4.95. The number of hydrogen-bond acceptors (Lipinski definition) is 3. The summed E-state index contributed by atoms with van der Waals surface area (Å²) in [5, 5.41) is 0. The Morgan fingerprint density at radius 1 is 1.25 bits per heavy atom. The Morgan fingerprint density at radius 2 is 1.90 bits per heavy atom. The SMILES string of the molecule is CC1(C)CCCCC1C(=O)N1CCN(CC(N)=S)CC1. The molecule has 2 aliphatic rings. The third kappa shape index (κ3) is 3.70. The highest BCUT2D eigenvalue weighted by atomic mass is 32.1. The predicted molar refractivity (Wildman–Crippen MR) is 85.5 cm³/mol. The summed E-state index contributed by atoms with van der Waals surface area (Å²) in [6.07, 6.45) is 4.68. The van der Waals surface area contributed by atoms with Crippen molar-refractivity contribution in [2.24, 2.45) is 17.1 Å². The average Bonchev–Trinajstić information content (AvgIpc) is 2.37. The van der Waals surface area contributed by atoms with Crippen molar-refractivity contribution < 1.29 is 4.79 Å². The Labute approximate surface area is 127 Å². The minimum absolute atomic E-state index is 0.158. The topological polar surface area (TPSA) is 49.6 Å². The molecule has 1 aliphatic carbocycles. The molecule has 0 aromatic heterocycles. The summed E-state index contributed by atoms with van der Waals surface area (Å²) in [6.45, 7) is 8.57. The molecule has 1 aliphatic heterocycles. The molecule has 1 saturated heterocycles. The standard InChI is InChI=1S/C15H27N3OS/c1-15(2)6-4-3-5-12(15)14(19)18-9-7-17(8-10-18)11-13(16)20/h12H,3-11H2,1-2H3,(H2,16,20). The van der Waals surface area contributed by atoms with Gasteiger partial charge in [0.15, 0.2) is 0 Å². The molecule has 1 amide bonds. The normalized spacial score (nSPS) is 27.3. The number of carbonyl (C=O) groups is 1. The highest BCUT2D eigenvalue weighted by molar-refractivity contribution is 7.80. The number of rotatable bonds is 3. The quantitative estimate of drug-likeness (QED) is 0.805. The number of nitrogens with zero attached hydrogens (tertiary/aromatic N) is 2. The third-order valence-electron chi connectivity index (χ3n) is 4.87. The van der Waals surface area contributed by atoms with Gasteiger partial charge < -0.3 is 10.6 Å². The predicted octanol–water partition coefficient (Wildman–Crippen LogP) is 1.63. The minimum atomic E-state index is 0.158. The zero-order chi connectivity index (χ0) is 14.8. The van der Waals surface area contributed by atoms with Crippen LogP contribution >= 0.6 is 12.2 Å². The molecule has 1 atom stereocenters. The number of carbonyl (C=O) groups excluding carboxylic acids is 1. The van der Waals surface area contributed by atoms with Crippen LogP contribution in [0, 0.1) is 11.3 Å². The molecule has 2 fully saturated rings. The van der Waals surface area contributed by atoms with Crippen molar-refractivity contribution in [2.45, 2.75) is 39.5 Å². The van der Waals surface area contributed by atoms with E-state index in [2.05, 4.69) is 18.7 Å². The molecular formula is C15H27N3OS. The van der Waals surface area contributed by atoms with Gasteiger partial charge in [0.2, 0.25) is 5.91 Å². The summed E-state index contributed by atoms with van der Waals surface area (Å²) in [5.41, 5.74) is 5.74. The van der Waals surface area contributed by atoms with E-state index in [1.807, 2.05) is 4.90 Å². The maximum atomic E-state index is 12.8. The average molecular weight is 297 g/mol. The van der Waals surface area contributed by atoms with Crippen LogP contribution in [0.5, 0.6) is 0 Å². The van der Waals surface area contributed by atoms with Gasteiger partial charge in [0.25, 0.3) is 0 Å². The second-order valence-electron chi connectivity index (χ2n) is 6.85. The molecule has 0 radical (unpaired) electrons. The number of piperazine rings is 1. The van der Waals surface area contributed by atoms with E-state index in [1.54, 1.807) is 0 Å². The van der Waals surface area contributed by atoms with E-state index >= 15 is 0 Å². The molecule has 1 unspecified atom stereocenters. The van der Waals surface area contributed by atoms with Gasteiger partial charge in [-0.25, -0.2) is 0 Å². The number of thiocarbonyl (C=S) groups is 1. The second-order valence-corrected chi connectivity index (χ2v) is 7.38. The first kappa shape index (κ1) is 15.7. The lowest BCUT2D eigenvalue weighted by Gasteiger charge is -2.42. The lowest BCUT2D eigenvalue weighted by Crippen LogP contribution is -2.53. The third-order valence-corrected chi connectivity index (χ3v) is 5.00. The van der Waals surface area contributed by atoms with Gasteiger partial charge in [-0.2, -0.15) is 0 Å². The Hall–Kier alpha value is -0.680. The van der Waals surface area contributed by atoms with Crippen LogP contribution in [0.3, 0.4) is 0 Å². The first-order chi connectivity index (χ1) is 9.40. The maximum Gasteiger partial charge on any atom is 0.226 e. The first-order valence-electron chi connectivity index (χ1n) is 7.69. The minimum Gasteiger partial charge on any atom is -0.392 e. The number of nitrogens with two attached hydrogens (primary N) is 1. The molecule has 1 saturated carbocycles. The fraction of sp³-hybridized carbons (Fsp3) is 0.867. The Kier molecular flexibility index (Phi) is 5.02. The lowest BCUT2D eigenvalue weighted by atomic mass is 9.68. The van der Waals surface area contributed by atoms with Gasteiger partial charge in [0.1, 0.15) is 0 Å². The Balaban J connectivity index is 1.89. The molecular weight excluding hydrogens is 270 g/mol. The van der Waals surface area contributed by atoms with E-state index in [9.17, 15) is 4.79 Å². The fourth-order valence-corrected chi connectivity index (χ4v) is 3.70. The van der Waals surface area contributed by atoms with E-state index in [0.29, 0.717) is 17.4 Å². The van der Waals surface area contributed by atoms with Gasteiger partial charge >= 0.3 is 0 Å². The van der Waals surface area contributed by atoms with Gasteiger partial charge in [0, 0.05) is 38.6 Å². The van der Waals surface area contributed by atoms with Gasteiger partial charge in [-0.05, 0) is 18.3 Å². The van der Waals surface area contributed by atoms with Crippen molar-refractivity contribution in [3.05, 3.63) is 0 Å². The molecule has 4 nitrogen and oxygen atoms in total. The van der Waals surface area contributed by atoms with Crippen LogP contribution in [0.4, 0.5) is 0 Å². The van der Waals surface area contributed by atoms with Gasteiger partial charge in [-0.1, -0.05) is 38.9 Å². The molecule has 2 N–H and O–H groups in total. The summed E-state index contributed by atoms with van der Waals surface area (Å²) in [7, 11) is 0. The van der Waals surface area contributed by atoms with Gasteiger partial charge in [-0.3, -0.25) is 9.69 Å².